The normalized spacial score (nSPS) is 10.6. The third-order valence-corrected chi connectivity index (χ3v) is 2.93. The van der Waals surface area contributed by atoms with Gasteiger partial charge in [-0.05, 0) is 18.2 Å². The first-order valence-corrected chi connectivity index (χ1v) is 6.12. The van der Waals surface area contributed by atoms with Crippen molar-refractivity contribution in [2.75, 3.05) is 5.32 Å². The first kappa shape index (κ1) is 11.5. The zero-order chi connectivity index (χ0) is 13.1. The van der Waals surface area contributed by atoms with E-state index in [1.807, 2.05) is 31.6 Å². The van der Waals surface area contributed by atoms with Gasteiger partial charge in [0.05, 0.1) is 11.9 Å². The van der Waals surface area contributed by atoms with Crippen LogP contribution in [0.5, 0.6) is 0 Å². The van der Waals surface area contributed by atoms with Gasteiger partial charge in [-0.2, -0.15) is 10.2 Å². The summed E-state index contributed by atoms with van der Waals surface area (Å²) in [6, 6.07) is 10.2. The second-order valence-electron chi connectivity index (χ2n) is 4.43. The quantitative estimate of drug-likeness (QED) is 0.750. The van der Waals surface area contributed by atoms with Crippen molar-refractivity contribution >= 4 is 5.69 Å². The molecule has 3 rings (SSSR count). The molecule has 0 aliphatic heterocycles. The maximum atomic E-state index is 4.15. The molecule has 0 atom stereocenters. The molecule has 1 aromatic carbocycles. The number of aromatic nitrogens is 4. The van der Waals surface area contributed by atoms with Crippen molar-refractivity contribution < 1.29 is 0 Å². The number of H-pyrrole nitrogens is 1. The molecule has 0 saturated carbocycles. The summed E-state index contributed by atoms with van der Waals surface area (Å²) in [6.45, 7) is 0.764. The molecule has 5 heteroatoms. The van der Waals surface area contributed by atoms with Crippen molar-refractivity contribution in [1.82, 2.24) is 20.0 Å². The van der Waals surface area contributed by atoms with Crippen LogP contribution >= 0.6 is 0 Å². The topological polar surface area (TPSA) is 58.5 Å². The molecular weight excluding hydrogens is 238 g/mol. The summed E-state index contributed by atoms with van der Waals surface area (Å²) >= 11 is 0. The van der Waals surface area contributed by atoms with Crippen molar-refractivity contribution in [1.29, 1.82) is 0 Å². The van der Waals surface area contributed by atoms with Crippen LogP contribution in [0.1, 0.15) is 5.56 Å². The first-order chi connectivity index (χ1) is 9.31. The SMILES string of the molecule is Cn1cc(CNc2cccc(-c3ccn[nH]3)c2)cn1. The van der Waals surface area contributed by atoms with Crippen LogP contribution in [0.25, 0.3) is 11.3 Å². The fourth-order valence-electron chi connectivity index (χ4n) is 1.98. The summed E-state index contributed by atoms with van der Waals surface area (Å²) in [5.41, 5.74) is 4.38. The Kier molecular flexibility index (Phi) is 3.02. The number of hydrogen-bond acceptors (Lipinski definition) is 3. The largest absolute Gasteiger partial charge is 0.381 e. The van der Waals surface area contributed by atoms with Crippen LogP contribution in [0.3, 0.4) is 0 Å². The Labute approximate surface area is 111 Å². The monoisotopic (exact) mass is 253 g/mol. The van der Waals surface area contributed by atoms with Gasteiger partial charge in [-0.15, -0.1) is 0 Å². The van der Waals surface area contributed by atoms with Gasteiger partial charge in [0.1, 0.15) is 0 Å². The third kappa shape index (κ3) is 2.65. The van der Waals surface area contributed by atoms with Crippen LogP contribution in [-0.2, 0) is 13.6 Å². The summed E-state index contributed by atoms with van der Waals surface area (Å²) in [6.07, 6.45) is 5.63. The van der Waals surface area contributed by atoms with E-state index >= 15 is 0 Å². The molecule has 2 N–H and O–H groups in total. The Morgan fingerprint density at radius 2 is 2.26 bits per heavy atom. The van der Waals surface area contributed by atoms with E-state index in [0.717, 1.165) is 29.1 Å². The molecule has 0 unspecified atom stereocenters. The summed E-state index contributed by atoms with van der Waals surface area (Å²) < 4.78 is 1.80. The van der Waals surface area contributed by atoms with Gasteiger partial charge >= 0.3 is 0 Å². The molecule has 0 fully saturated rings. The fourth-order valence-corrected chi connectivity index (χ4v) is 1.98. The standard InChI is InChI=1S/C14H15N5/c1-19-10-11(9-17-19)8-15-13-4-2-3-12(7-13)14-5-6-16-18-14/h2-7,9-10,15H,8H2,1H3,(H,16,18). The first-order valence-electron chi connectivity index (χ1n) is 6.12. The minimum Gasteiger partial charge on any atom is -0.381 e. The highest BCUT2D eigenvalue weighted by Crippen LogP contribution is 2.20. The zero-order valence-electron chi connectivity index (χ0n) is 10.7. The Morgan fingerprint density at radius 3 is 3.00 bits per heavy atom. The van der Waals surface area contributed by atoms with E-state index in [4.69, 9.17) is 0 Å². The molecule has 0 spiro atoms. The summed E-state index contributed by atoms with van der Waals surface area (Å²) in [5, 5.41) is 14.5. The average Bonchev–Trinajstić information content (AvgIpc) is 3.08. The molecule has 2 aromatic heterocycles. The number of nitrogens with one attached hydrogen (secondary N) is 2. The minimum atomic E-state index is 0.764. The lowest BCUT2D eigenvalue weighted by molar-refractivity contribution is 0.767. The van der Waals surface area contributed by atoms with Gasteiger partial charge in [-0.3, -0.25) is 9.78 Å². The van der Waals surface area contributed by atoms with Gasteiger partial charge in [-0.1, -0.05) is 12.1 Å². The van der Waals surface area contributed by atoms with Crippen LogP contribution in [0.15, 0.2) is 48.9 Å². The highest BCUT2D eigenvalue weighted by molar-refractivity contribution is 5.64. The van der Waals surface area contributed by atoms with E-state index in [0.29, 0.717) is 0 Å². The molecule has 0 saturated heterocycles. The Hall–Kier alpha value is -2.56. The number of rotatable bonds is 4. The lowest BCUT2D eigenvalue weighted by atomic mass is 10.1. The van der Waals surface area contributed by atoms with Crippen LogP contribution in [-0.4, -0.2) is 20.0 Å². The van der Waals surface area contributed by atoms with E-state index in [1.54, 1.807) is 10.9 Å². The van der Waals surface area contributed by atoms with E-state index in [2.05, 4.69) is 38.8 Å². The van der Waals surface area contributed by atoms with E-state index < -0.39 is 0 Å². The zero-order valence-corrected chi connectivity index (χ0v) is 10.7. The summed E-state index contributed by atoms with van der Waals surface area (Å²) in [7, 11) is 1.92. The average molecular weight is 253 g/mol. The van der Waals surface area contributed by atoms with Crippen molar-refractivity contribution in [2.45, 2.75) is 6.54 Å². The van der Waals surface area contributed by atoms with Crippen molar-refractivity contribution in [3.8, 4) is 11.3 Å². The Balaban J connectivity index is 1.73. The van der Waals surface area contributed by atoms with Gasteiger partial charge < -0.3 is 5.32 Å². The van der Waals surface area contributed by atoms with Crippen LogP contribution in [0.4, 0.5) is 5.69 Å². The predicted molar refractivity (Wildman–Crippen MR) is 74.6 cm³/mol. The van der Waals surface area contributed by atoms with E-state index in [1.165, 1.54) is 0 Å². The molecule has 0 amide bonds. The molecule has 2 heterocycles. The maximum Gasteiger partial charge on any atom is 0.0650 e. The van der Waals surface area contributed by atoms with Crippen molar-refractivity contribution in [3.63, 3.8) is 0 Å². The Morgan fingerprint density at radius 1 is 1.32 bits per heavy atom. The smallest absolute Gasteiger partial charge is 0.0650 e. The number of benzene rings is 1. The lowest BCUT2D eigenvalue weighted by Gasteiger charge is -2.06. The summed E-state index contributed by atoms with van der Waals surface area (Å²) in [4.78, 5) is 0. The van der Waals surface area contributed by atoms with Gasteiger partial charge in [-0.25, -0.2) is 0 Å². The van der Waals surface area contributed by atoms with Crippen LogP contribution in [0.2, 0.25) is 0 Å². The fraction of sp³-hybridized carbons (Fsp3) is 0.143. The molecule has 0 aliphatic rings. The van der Waals surface area contributed by atoms with Gasteiger partial charge in [0.25, 0.3) is 0 Å². The molecular formula is C14H15N5. The number of nitrogens with zero attached hydrogens (tertiary/aromatic N) is 3. The number of aryl methyl sites for hydroxylation is 1. The molecule has 96 valence electrons. The van der Waals surface area contributed by atoms with E-state index in [9.17, 15) is 0 Å². The molecule has 5 nitrogen and oxygen atoms in total. The van der Waals surface area contributed by atoms with Crippen LogP contribution < -0.4 is 5.32 Å². The molecule has 0 bridgehead atoms. The minimum absolute atomic E-state index is 0.764. The molecule has 19 heavy (non-hydrogen) atoms. The second-order valence-corrected chi connectivity index (χ2v) is 4.43. The number of anilines is 1. The molecule has 0 aliphatic carbocycles. The maximum absolute atomic E-state index is 4.15. The third-order valence-electron chi connectivity index (χ3n) is 2.93. The van der Waals surface area contributed by atoms with Gasteiger partial charge in [0.15, 0.2) is 0 Å². The molecule has 0 radical (unpaired) electrons. The molecule has 3 aromatic rings. The Bertz CT molecular complexity index is 654. The number of hydrogen-bond donors (Lipinski definition) is 2. The predicted octanol–water partition coefficient (Wildman–Crippen LogP) is 2.42. The summed E-state index contributed by atoms with van der Waals surface area (Å²) in [5.74, 6) is 0. The van der Waals surface area contributed by atoms with Gasteiger partial charge in [0.2, 0.25) is 0 Å². The van der Waals surface area contributed by atoms with E-state index in [-0.39, 0.29) is 0 Å². The van der Waals surface area contributed by atoms with Crippen molar-refractivity contribution in [2.24, 2.45) is 7.05 Å². The highest BCUT2D eigenvalue weighted by Gasteiger charge is 2.01. The van der Waals surface area contributed by atoms with Crippen LogP contribution in [0, 0.1) is 0 Å². The second kappa shape index (κ2) is 4.97. The van der Waals surface area contributed by atoms with Crippen molar-refractivity contribution in [3.05, 3.63) is 54.5 Å². The van der Waals surface area contributed by atoms with Gasteiger partial charge in [0, 0.05) is 42.8 Å². The highest BCUT2D eigenvalue weighted by atomic mass is 15.2. The number of aromatic amines is 1. The lowest BCUT2D eigenvalue weighted by Crippen LogP contribution is -1.98.